The van der Waals surface area contributed by atoms with Crippen LogP contribution in [-0.2, 0) is 17.8 Å². The molecule has 0 saturated heterocycles. The monoisotopic (exact) mass is 245 g/mol. The van der Waals surface area contributed by atoms with Crippen LogP contribution in [0.3, 0.4) is 0 Å². The summed E-state index contributed by atoms with van der Waals surface area (Å²) in [5.74, 6) is 0.552. The summed E-state index contributed by atoms with van der Waals surface area (Å²) in [6.07, 6.45) is 1.64. The highest BCUT2D eigenvalue weighted by molar-refractivity contribution is 5.90. The molecule has 1 heterocycles. The zero-order valence-electron chi connectivity index (χ0n) is 10.2. The fourth-order valence-electron chi connectivity index (χ4n) is 1.72. The molecule has 1 N–H and O–H groups in total. The number of benzene rings is 1. The molecule has 0 amide bonds. The summed E-state index contributed by atoms with van der Waals surface area (Å²) in [6.45, 7) is 1.22. The third-order valence-electron chi connectivity index (χ3n) is 2.62. The van der Waals surface area contributed by atoms with Crippen molar-refractivity contribution in [3.05, 3.63) is 59.5 Å². The van der Waals surface area contributed by atoms with E-state index in [1.807, 2.05) is 30.3 Å². The normalized spacial score (nSPS) is 10.3. The number of hydrogen-bond acceptors (Lipinski definition) is 4. The maximum absolute atomic E-state index is 11.6. The minimum Gasteiger partial charge on any atom is -0.468 e. The lowest BCUT2D eigenvalue weighted by molar-refractivity contribution is 0.0599. The van der Waals surface area contributed by atoms with Crippen LogP contribution in [0.2, 0.25) is 0 Å². The van der Waals surface area contributed by atoms with Crippen LogP contribution in [0, 0.1) is 0 Å². The number of hydrogen-bond donors (Lipinski definition) is 1. The third-order valence-corrected chi connectivity index (χ3v) is 2.62. The molecular formula is C14H15NO3. The van der Waals surface area contributed by atoms with Gasteiger partial charge in [0, 0.05) is 6.54 Å². The molecule has 0 saturated carbocycles. The molecule has 0 radical (unpaired) electrons. The minimum atomic E-state index is -0.314. The number of rotatable bonds is 5. The number of carbonyl (C=O) groups is 1. The summed E-state index contributed by atoms with van der Waals surface area (Å²) < 4.78 is 9.96. The highest BCUT2D eigenvalue weighted by Crippen LogP contribution is 2.10. The number of ether oxygens (including phenoxy) is 1. The van der Waals surface area contributed by atoms with Gasteiger partial charge in [-0.3, -0.25) is 0 Å². The van der Waals surface area contributed by atoms with Crippen LogP contribution in [0.1, 0.15) is 21.7 Å². The van der Waals surface area contributed by atoms with Gasteiger partial charge in [0.2, 0.25) is 0 Å². The van der Waals surface area contributed by atoms with Gasteiger partial charge in [-0.15, -0.1) is 0 Å². The lowest BCUT2D eigenvalue weighted by atomic mass is 10.1. The van der Waals surface area contributed by atoms with Gasteiger partial charge in [0.1, 0.15) is 5.76 Å². The Morgan fingerprint density at radius 2 is 2.06 bits per heavy atom. The van der Waals surface area contributed by atoms with Crippen molar-refractivity contribution in [3.63, 3.8) is 0 Å². The number of carbonyl (C=O) groups excluding carboxylic acids is 1. The molecule has 0 aliphatic rings. The van der Waals surface area contributed by atoms with Gasteiger partial charge in [-0.2, -0.15) is 0 Å². The summed E-state index contributed by atoms with van der Waals surface area (Å²) in [7, 11) is 1.38. The van der Waals surface area contributed by atoms with Crippen molar-refractivity contribution >= 4 is 5.97 Å². The molecule has 0 aliphatic heterocycles. The Hall–Kier alpha value is -2.07. The highest BCUT2D eigenvalue weighted by atomic mass is 16.5. The van der Waals surface area contributed by atoms with Gasteiger partial charge in [-0.25, -0.2) is 4.79 Å². The molecule has 4 heteroatoms. The van der Waals surface area contributed by atoms with E-state index in [-0.39, 0.29) is 5.97 Å². The fraction of sp³-hybridized carbons (Fsp3) is 0.214. The predicted octanol–water partition coefficient (Wildman–Crippen LogP) is 2.36. The van der Waals surface area contributed by atoms with Crippen molar-refractivity contribution in [1.29, 1.82) is 0 Å². The van der Waals surface area contributed by atoms with E-state index in [1.54, 1.807) is 12.3 Å². The van der Waals surface area contributed by atoms with Crippen LogP contribution in [0.5, 0.6) is 0 Å². The Morgan fingerprint density at radius 1 is 1.22 bits per heavy atom. The summed E-state index contributed by atoms with van der Waals surface area (Å²) in [4.78, 5) is 11.6. The Kier molecular flexibility index (Phi) is 4.15. The van der Waals surface area contributed by atoms with Crippen LogP contribution in [0.25, 0.3) is 0 Å². The highest BCUT2D eigenvalue weighted by Gasteiger charge is 2.10. The van der Waals surface area contributed by atoms with Crippen LogP contribution in [0.15, 0.2) is 47.1 Å². The van der Waals surface area contributed by atoms with Crippen molar-refractivity contribution in [1.82, 2.24) is 5.32 Å². The van der Waals surface area contributed by atoms with Crippen molar-refractivity contribution in [2.24, 2.45) is 0 Å². The standard InChI is InChI=1S/C14H15NO3/c1-17-14(16)13-7-3-2-5-11(13)9-15-10-12-6-4-8-18-12/h2-8,15H,9-10H2,1H3. The van der Waals surface area contributed by atoms with Crippen molar-refractivity contribution < 1.29 is 13.9 Å². The maximum Gasteiger partial charge on any atom is 0.338 e. The molecule has 2 aromatic rings. The molecule has 1 aromatic carbocycles. The molecule has 0 fully saturated rings. The van der Waals surface area contributed by atoms with Gasteiger partial charge in [-0.1, -0.05) is 18.2 Å². The Bertz CT molecular complexity index is 506. The molecule has 0 atom stereocenters. The number of esters is 1. The van der Waals surface area contributed by atoms with E-state index in [4.69, 9.17) is 9.15 Å². The third kappa shape index (κ3) is 2.99. The summed E-state index contributed by atoms with van der Waals surface area (Å²) in [5.41, 5.74) is 1.50. The molecule has 18 heavy (non-hydrogen) atoms. The van der Waals surface area contributed by atoms with E-state index in [9.17, 15) is 4.79 Å². The molecular weight excluding hydrogens is 230 g/mol. The Balaban J connectivity index is 1.98. The van der Waals surface area contributed by atoms with Crippen LogP contribution in [-0.4, -0.2) is 13.1 Å². The first kappa shape index (κ1) is 12.4. The van der Waals surface area contributed by atoms with Gasteiger partial charge < -0.3 is 14.5 Å². The first-order valence-electron chi connectivity index (χ1n) is 5.70. The molecule has 2 rings (SSSR count). The smallest absolute Gasteiger partial charge is 0.338 e. The van der Waals surface area contributed by atoms with Gasteiger partial charge in [-0.05, 0) is 23.8 Å². The fourth-order valence-corrected chi connectivity index (χ4v) is 1.72. The van der Waals surface area contributed by atoms with E-state index < -0.39 is 0 Å². The molecule has 0 bridgehead atoms. The van der Waals surface area contributed by atoms with Gasteiger partial charge in [0.05, 0.1) is 25.5 Å². The second-order valence-corrected chi connectivity index (χ2v) is 3.83. The second-order valence-electron chi connectivity index (χ2n) is 3.83. The van der Waals surface area contributed by atoms with Crippen molar-refractivity contribution in [2.45, 2.75) is 13.1 Å². The first-order valence-corrected chi connectivity index (χ1v) is 5.70. The zero-order valence-corrected chi connectivity index (χ0v) is 10.2. The summed E-state index contributed by atoms with van der Waals surface area (Å²) in [6, 6.07) is 11.1. The van der Waals surface area contributed by atoms with E-state index >= 15 is 0 Å². The van der Waals surface area contributed by atoms with Crippen LogP contribution < -0.4 is 5.32 Å². The van der Waals surface area contributed by atoms with Gasteiger partial charge in [0.25, 0.3) is 0 Å². The summed E-state index contributed by atoms with van der Waals surface area (Å²) >= 11 is 0. The van der Waals surface area contributed by atoms with Crippen molar-refractivity contribution in [3.8, 4) is 0 Å². The SMILES string of the molecule is COC(=O)c1ccccc1CNCc1ccco1. The minimum absolute atomic E-state index is 0.314. The number of methoxy groups -OCH3 is 1. The van der Waals surface area contributed by atoms with Crippen molar-refractivity contribution in [2.75, 3.05) is 7.11 Å². The molecule has 0 spiro atoms. The van der Waals surface area contributed by atoms with Crippen LogP contribution in [0.4, 0.5) is 0 Å². The number of nitrogens with one attached hydrogen (secondary N) is 1. The van der Waals surface area contributed by atoms with E-state index in [0.29, 0.717) is 18.7 Å². The molecule has 1 aromatic heterocycles. The predicted molar refractivity (Wildman–Crippen MR) is 67.0 cm³/mol. The largest absolute Gasteiger partial charge is 0.468 e. The average Bonchev–Trinajstić information content (AvgIpc) is 2.92. The maximum atomic E-state index is 11.6. The van der Waals surface area contributed by atoms with E-state index in [2.05, 4.69) is 5.32 Å². The zero-order chi connectivity index (χ0) is 12.8. The number of furan rings is 1. The molecule has 0 aliphatic carbocycles. The topological polar surface area (TPSA) is 51.5 Å². The quantitative estimate of drug-likeness (QED) is 0.821. The van der Waals surface area contributed by atoms with Gasteiger partial charge >= 0.3 is 5.97 Å². The Morgan fingerprint density at radius 3 is 2.78 bits per heavy atom. The molecule has 94 valence electrons. The van der Waals surface area contributed by atoms with E-state index in [1.165, 1.54) is 7.11 Å². The Labute approximate surface area is 106 Å². The first-order chi connectivity index (χ1) is 8.81. The van der Waals surface area contributed by atoms with Gasteiger partial charge in [0.15, 0.2) is 0 Å². The molecule has 0 unspecified atom stereocenters. The lowest BCUT2D eigenvalue weighted by Gasteiger charge is -2.08. The lowest BCUT2D eigenvalue weighted by Crippen LogP contribution is -2.15. The van der Waals surface area contributed by atoms with E-state index in [0.717, 1.165) is 11.3 Å². The van der Waals surface area contributed by atoms with Crippen LogP contribution >= 0.6 is 0 Å². The molecule has 4 nitrogen and oxygen atoms in total. The second kappa shape index (κ2) is 6.02. The summed E-state index contributed by atoms with van der Waals surface area (Å²) in [5, 5.41) is 3.22. The average molecular weight is 245 g/mol.